The summed E-state index contributed by atoms with van der Waals surface area (Å²) in [6.45, 7) is 7.75. The van der Waals surface area contributed by atoms with Crippen LogP contribution in [-0.4, -0.2) is 59.6 Å². The summed E-state index contributed by atoms with van der Waals surface area (Å²) in [5.41, 5.74) is 5.60. The number of nitrogens with two attached hydrogens (primary N) is 1. The molecule has 1 aliphatic rings. The molecule has 1 saturated heterocycles. The number of hydrogen-bond donors (Lipinski definition) is 2. The Hall–Kier alpha value is -0.810. The highest BCUT2D eigenvalue weighted by Gasteiger charge is 2.26. The molecule has 2 unspecified atom stereocenters. The van der Waals surface area contributed by atoms with Crippen molar-refractivity contribution < 1.29 is 5.21 Å². The third kappa shape index (κ3) is 4.16. The fourth-order valence-electron chi connectivity index (χ4n) is 2.67. The van der Waals surface area contributed by atoms with Gasteiger partial charge in [0, 0.05) is 25.0 Å². The van der Waals surface area contributed by atoms with Crippen molar-refractivity contribution >= 4 is 5.84 Å². The lowest BCUT2D eigenvalue weighted by Crippen LogP contribution is -2.46. The van der Waals surface area contributed by atoms with E-state index in [-0.39, 0.29) is 0 Å². The van der Waals surface area contributed by atoms with Crippen LogP contribution in [0.25, 0.3) is 0 Å². The lowest BCUT2D eigenvalue weighted by molar-refractivity contribution is 0.139. The summed E-state index contributed by atoms with van der Waals surface area (Å²) in [4.78, 5) is 4.89. The van der Waals surface area contributed by atoms with Crippen LogP contribution in [0.3, 0.4) is 0 Å². The molecule has 0 aromatic carbocycles. The van der Waals surface area contributed by atoms with Crippen molar-refractivity contribution in [2.75, 3.05) is 26.7 Å². The Kier molecular flexibility index (Phi) is 5.71. The smallest absolute Gasteiger partial charge is 0.140 e. The van der Waals surface area contributed by atoms with E-state index in [2.05, 4.69) is 35.9 Å². The number of oxime groups is 1. The Labute approximate surface area is 104 Å². The minimum absolute atomic E-state index is 0.324. The minimum Gasteiger partial charge on any atom is -0.409 e. The van der Waals surface area contributed by atoms with Gasteiger partial charge in [0.15, 0.2) is 0 Å². The van der Waals surface area contributed by atoms with Crippen LogP contribution in [0.15, 0.2) is 5.16 Å². The maximum atomic E-state index is 8.64. The third-order valence-corrected chi connectivity index (χ3v) is 3.62. The second kappa shape index (κ2) is 6.81. The van der Waals surface area contributed by atoms with E-state index in [0.29, 0.717) is 24.3 Å². The third-order valence-electron chi connectivity index (χ3n) is 3.62. The highest BCUT2D eigenvalue weighted by atomic mass is 16.4. The Balaban J connectivity index is 2.64. The predicted octanol–water partition coefficient (Wildman–Crippen LogP) is 0.928. The second-order valence-corrected chi connectivity index (χ2v) is 5.06. The number of hydrogen-bond acceptors (Lipinski definition) is 4. The number of nitrogens with zero attached hydrogens (tertiary/aromatic N) is 3. The Morgan fingerprint density at radius 2 is 2.24 bits per heavy atom. The molecule has 1 aliphatic heterocycles. The molecule has 0 spiro atoms. The molecule has 0 aromatic rings. The summed E-state index contributed by atoms with van der Waals surface area (Å²) in [6.07, 6.45) is 2.97. The molecule has 0 bridgehead atoms. The summed E-state index contributed by atoms with van der Waals surface area (Å²) < 4.78 is 0. The van der Waals surface area contributed by atoms with Gasteiger partial charge >= 0.3 is 0 Å². The van der Waals surface area contributed by atoms with Gasteiger partial charge in [-0.05, 0) is 39.9 Å². The molecule has 17 heavy (non-hydrogen) atoms. The van der Waals surface area contributed by atoms with E-state index in [0.717, 1.165) is 26.1 Å². The maximum absolute atomic E-state index is 8.64. The zero-order chi connectivity index (χ0) is 12.8. The standard InChI is InChI=1S/C12H26N4O/c1-4-11-9-15(3)6-5-7-16(11)10(2)8-12(13)14-17/h10-11,17H,4-9H2,1-3H3,(H2,13,14). The maximum Gasteiger partial charge on any atom is 0.140 e. The molecule has 1 heterocycles. The minimum atomic E-state index is 0.324. The molecule has 0 aliphatic carbocycles. The zero-order valence-corrected chi connectivity index (χ0v) is 11.3. The molecule has 0 radical (unpaired) electrons. The summed E-state index contributed by atoms with van der Waals surface area (Å²) >= 11 is 0. The molecule has 3 N–H and O–H groups in total. The molecule has 2 atom stereocenters. The van der Waals surface area contributed by atoms with E-state index in [1.807, 2.05) is 0 Å². The molecule has 5 heteroatoms. The molecule has 100 valence electrons. The van der Waals surface area contributed by atoms with Gasteiger partial charge in [0.2, 0.25) is 0 Å². The molecule has 0 aromatic heterocycles. The highest BCUT2D eigenvalue weighted by Crippen LogP contribution is 2.17. The first-order chi connectivity index (χ1) is 8.08. The Bertz CT molecular complexity index is 257. The molecular formula is C12H26N4O. The average molecular weight is 242 g/mol. The van der Waals surface area contributed by atoms with Gasteiger partial charge in [-0.2, -0.15) is 0 Å². The molecule has 5 nitrogen and oxygen atoms in total. The predicted molar refractivity (Wildman–Crippen MR) is 70.4 cm³/mol. The molecule has 0 amide bonds. The van der Waals surface area contributed by atoms with E-state index in [1.165, 1.54) is 6.42 Å². The first kappa shape index (κ1) is 14.3. The Morgan fingerprint density at radius 3 is 2.82 bits per heavy atom. The molecule has 1 fully saturated rings. The zero-order valence-electron chi connectivity index (χ0n) is 11.3. The van der Waals surface area contributed by atoms with Gasteiger partial charge in [0.25, 0.3) is 0 Å². The van der Waals surface area contributed by atoms with Crippen molar-refractivity contribution in [3.8, 4) is 0 Å². The molecular weight excluding hydrogens is 216 g/mol. The summed E-state index contributed by atoms with van der Waals surface area (Å²) in [7, 11) is 2.18. The topological polar surface area (TPSA) is 65.1 Å². The van der Waals surface area contributed by atoms with Crippen LogP contribution in [0.2, 0.25) is 0 Å². The number of amidine groups is 1. The van der Waals surface area contributed by atoms with Crippen molar-refractivity contribution in [1.82, 2.24) is 9.80 Å². The van der Waals surface area contributed by atoms with Crippen LogP contribution in [0.4, 0.5) is 0 Å². The van der Waals surface area contributed by atoms with Crippen LogP contribution in [0, 0.1) is 0 Å². The van der Waals surface area contributed by atoms with E-state index < -0.39 is 0 Å². The summed E-state index contributed by atoms with van der Waals surface area (Å²) in [5, 5.41) is 11.7. The van der Waals surface area contributed by atoms with Crippen molar-refractivity contribution in [2.45, 2.75) is 45.2 Å². The molecule has 0 saturated carbocycles. The monoisotopic (exact) mass is 242 g/mol. The first-order valence-corrected chi connectivity index (χ1v) is 6.49. The lowest BCUT2D eigenvalue weighted by atomic mass is 10.1. The SMILES string of the molecule is CCC1CN(C)CCCN1C(C)CC(N)=NO. The summed E-state index contributed by atoms with van der Waals surface area (Å²) in [6, 6.07) is 0.909. The highest BCUT2D eigenvalue weighted by molar-refractivity contribution is 5.80. The van der Waals surface area contributed by atoms with Gasteiger partial charge in [0.1, 0.15) is 5.84 Å². The summed E-state index contributed by atoms with van der Waals surface area (Å²) in [5.74, 6) is 0.324. The van der Waals surface area contributed by atoms with E-state index in [1.54, 1.807) is 0 Å². The van der Waals surface area contributed by atoms with Gasteiger partial charge in [-0.25, -0.2) is 0 Å². The van der Waals surface area contributed by atoms with Gasteiger partial charge in [-0.1, -0.05) is 12.1 Å². The number of likely N-dealkylation sites (N-methyl/N-ethyl adjacent to an activating group) is 1. The van der Waals surface area contributed by atoms with Crippen LogP contribution < -0.4 is 5.73 Å². The van der Waals surface area contributed by atoms with Crippen molar-refractivity contribution in [1.29, 1.82) is 0 Å². The van der Waals surface area contributed by atoms with Crippen LogP contribution in [0.1, 0.15) is 33.1 Å². The van der Waals surface area contributed by atoms with Crippen LogP contribution in [0.5, 0.6) is 0 Å². The van der Waals surface area contributed by atoms with Crippen molar-refractivity contribution in [3.05, 3.63) is 0 Å². The van der Waals surface area contributed by atoms with Gasteiger partial charge < -0.3 is 15.8 Å². The normalized spacial score (nSPS) is 26.8. The average Bonchev–Trinajstić information content (AvgIpc) is 2.50. The second-order valence-electron chi connectivity index (χ2n) is 5.06. The fourth-order valence-corrected chi connectivity index (χ4v) is 2.67. The van der Waals surface area contributed by atoms with Crippen molar-refractivity contribution in [3.63, 3.8) is 0 Å². The van der Waals surface area contributed by atoms with Gasteiger partial charge in [-0.3, -0.25) is 4.90 Å². The first-order valence-electron chi connectivity index (χ1n) is 6.49. The lowest BCUT2D eigenvalue weighted by Gasteiger charge is -2.35. The van der Waals surface area contributed by atoms with Crippen LogP contribution in [-0.2, 0) is 0 Å². The quantitative estimate of drug-likeness (QED) is 0.333. The number of rotatable bonds is 4. The molecule has 1 rings (SSSR count). The van der Waals surface area contributed by atoms with Gasteiger partial charge in [0.05, 0.1) is 0 Å². The fraction of sp³-hybridized carbons (Fsp3) is 0.917. The van der Waals surface area contributed by atoms with E-state index in [9.17, 15) is 0 Å². The van der Waals surface area contributed by atoms with Gasteiger partial charge in [-0.15, -0.1) is 0 Å². The van der Waals surface area contributed by atoms with Crippen LogP contribution >= 0.6 is 0 Å². The van der Waals surface area contributed by atoms with Crippen molar-refractivity contribution in [2.24, 2.45) is 10.9 Å². The Morgan fingerprint density at radius 1 is 1.53 bits per heavy atom. The largest absolute Gasteiger partial charge is 0.409 e. The van der Waals surface area contributed by atoms with E-state index in [4.69, 9.17) is 10.9 Å². The van der Waals surface area contributed by atoms with E-state index >= 15 is 0 Å².